The number of aromatic nitrogens is 1. The summed E-state index contributed by atoms with van der Waals surface area (Å²) in [4.78, 5) is 35.5. The highest BCUT2D eigenvalue weighted by Crippen LogP contribution is 2.32. The van der Waals surface area contributed by atoms with E-state index in [4.69, 9.17) is 0 Å². The Morgan fingerprint density at radius 2 is 1.54 bits per heavy atom. The number of nitrogens with zero attached hydrogens (tertiary/aromatic N) is 3. The zero-order valence-electron chi connectivity index (χ0n) is 27.3. The third-order valence-electron chi connectivity index (χ3n) is 8.39. The first-order chi connectivity index (χ1) is 23.0. The summed E-state index contributed by atoms with van der Waals surface area (Å²) in [7, 11) is 3.83. The van der Waals surface area contributed by atoms with Gasteiger partial charge >= 0.3 is 6.18 Å². The Hall–Kier alpha value is -5.02. The van der Waals surface area contributed by atoms with Gasteiger partial charge in [-0.2, -0.15) is 13.2 Å². The predicted octanol–water partition coefficient (Wildman–Crippen LogP) is 8.99. The summed E-state index contributed by atoms with van der Waals surface area (Å²) < 4.78 is 39.2. The van der Waals surface area contributed by atoms with Crippen molar-refractivity contribution in [2.45, 2.75) is 44.9 Å². The van der Waals surface area contributed by atoms with Crippen LogP contribution >= 0.6 is 0 Å². The van der Waals surface area contributed by atoms with E-state index in [2.05, 4.69) is 22.1 Å². The number of pyridine rings is 1. The molecule has 0 saturated carbocycles. The second kappa shape index (κ2) is 15.3. The number of anilines is 1. The minimum Gasteiger partial charge on any atom is -0.344 e. The average molecular weight is 653 g/mol. The number of fused-ring (bicyclic) bond motifs is 1. The summed E-state index contributed by atoms with van der Waals surface area (Å²) in [6, 6.07) is 30.4. The molecule has 1 heterocycles. The number of alkyl halides is 3. The van der Waals surface area contributed by atoms with Crippen molar-refractivity contribution in [3.05, 3.63) is 131 Å². The zero-order valence-corrected chi connectivity index (χ0v) is 27.3. The molecule has 4 aromatic carbocycles. The van der Waals surface area contributed by atoms with Gasteiger partial charge in [-0.05, 0) is 78.2 Å². The van der Waals surface area contributed by atoms with Crippen LogP contribution < -0.4 is 5.32 Å². The van der Waals surface area contributed by atoms with Gasteiger partial charge in [-0.25, -0.2) is 4.98 Å². The van der Waals surface area contributed by atoms with Gasteiger partial charge in [0.25, 0.3) is 5.91 Å². The van der Waals surface area contributed by atoms with E-state index in [9.17, 15) is 22.8 Å². The Labute approximate surface area is 279 Å². The molecule has 0 fully saturated rings. The quantitative estimate of drug-likeness (QED) is 0.137. The van der Waals surface area contributed by atoms with Crippen LogP contribution in [-0.2, 0) is 17.5 Å². The number of nitrogens with one attached hydrogen (secondary N) is 1. The number of rotatable bonds is 12. The van der Waals surface area contributed by atoms with Crippen LogP contribution in [0.15, 0.2) is 109 Å². The molecule has 0 aliphatic rings. The van der Waals surface area contributed by atoms with Gasteiger partial charge in [0.05, 0.1) is 11.1 Å². The van der Waals surface area contributed by atoms with Gasteiger partial charge < -0.3 is 10.2 Å². The van der Waals surface area contributed by atoms with Crippen LogP contribution in [0, 0.1) is 0 Å². The largest absolute Gasteiger partial charge is 0.416 e. The molecule has 0 radical (unpaired) electrons. The van der Waals surface area contributed by atoms with Crippen molar-refractivity contribution in [3.63, 3.8) is 0 Å². The maximum atomic E-state index is 13.7. The number of carbonyl (C=O) groups excluding carboxylic acids is 2. The smallest absolute Gasteiger partial charge is 0.344 e. The van der Waals surface area contributed by atoms with Crippen LogP contribution in [0.1, 0.15) is 59.3 Å². The molecule has 0 spiro atoms. The number of likely N-dealkylation sites (N-methyl/N-ethyl adjacent to an activating group) is 2. The number of benzene rings is 4. The summed E-state index contributed by atoms with van der Waals surface area (Å²) in [5.74, 6) is -0.0187. The third kappa shape index (κ3) is 8.27. The standard InChI is InChI=1S/C39H39F3N4O2/c1-4-5-11-24-45(2)38(48)36(29-12-7-6-8-13-29)46(3)26-27-16-22-34-30(25-27)19-23-35(43-34)44-37(47)33-15-10-9-14-32(33)28-17-20-31(21-18-28)39(40,41)42/h6-10,12-23,25,36H,4-5,11,24,26H2,1-3H3,(H,43,44,47)/t36-/m0/s1. The second-order valence-electron chi connectivity index (χ2n) is 12.0. The summed E-state index contributed by atoms with van der Waals surface area (Å²) in [5, 5.41) is 3.71. The molecule has 5 aromatic rings. The Morgan fingerprint density at radius 1 is 0.833 bits per heavy atom. The number of amides is 2. The molecule has 0 aliphatic carbocycles. The van der Waals surface area contributed by atoms with Crippen molar-refractivity contribution in [2.24, 2.45) is 0 Å². The first-order valence-corrected chi connectivity index (χ1v) is 16.0. The molecule has 1 atom stereocenters. The first kappa shape index (κ1) is 34.3. The number of unbranched alkanes of at least 4 members (excludes halogenated alkanes) is 2. The second-order valence-corrected chi connectivity index (χ2v) is 12.0. The molecule has 6 nitrogen and oxygen atoms in total. The van der Waals surface area contributed by atoms with Crippen molar-refractivity contribution in [3.8, 4) is 11.1 Å². The fourth-order valence-corrected chi connectivity index (χ4v) is 5.82. The normalized spacial score (nSPS) is 12.2. The van der Waals surface area contributed by atoms with E-state index in [1.807, 2.05) is 73.6 Å². The summed E-state index contributed by atoms with van der Waals surface area (Å²) >= 11 is 0. The van der Waals surface area contributed by atoms with E-state index in [1.54, 1.807) is 30.3 Å². The van der Waals surface area contributed by atoms with E-state index in [0.717, 1.165) is 47.9 Å². The number of carbonyl (C=O) groups is 2. The maximum absolute atomic E-state index is 13.7. The highest BCUT2D eigenvalue weighted by molar-refractivity contribution is 6.08. The van der Waals surface area contributed by atoms with Crippen LogP contribution in [0.4, 0.5) is 19.0 Å². The highest BCUT2D eigenvalue weighted by Gasteiger charge is 2.30. The minimum atomic E-state index is -4.44. The fraction of sp³-hybridized carbons (Fsp3) is 0.256. The van der Waals surface area contributed by atoms with E-state index in [1.165, 1.54) is 12.1 Å². The molecule has 0 saturated heterocycles. The zero-order chi connectivity index (χ0) is 34.3. The van der Waals surface area contributed by atoms with E-state index >= 15 is 0 Å². The Bertz CT molecular complexity index is 1860. The molecule has 0 aliphatic heterocycles. The Kier molecular flexibility index (Phi) is 10.9. The van der Waals surface area contributed by atoms with E-state index in [0.29, 0.717) is 41.1 Å². The number of hydrogen-bond donors (Lipinski definition) is 1. The lowest BCUT2D eigenvalue weighted by Gasteiger charge is -2.31. The molecule has 248 valence electrons. The van der Waals surface area contributed by atoms with Crippen LogP contribution in [0.2, 0.25) is 0 Å². The summed E-state index contributed by atoms with van der Waals surface area (Å²) in [6.07, 6.45) is -1.30. The lowest BCUT2D eigenvalue weighted by molar-refractivity contribution is -0.137. The minimum absolute atomic E-state index is 0.0579. The topological polar surface area (TPSA) is 65.5 Å². The number of halogens is 3. The molecule has 5 rings (SSSR count). The van der Waals surface area contributed by atoms with Gasteiger partial charge in [0.15, 0.2) is 0 Å². The maximum Gasteiger partial charge on any atom is 0.416 e. The van der Waals surface area contributed by atoms with E-state index in [-0.39, 0.29) is 5.91 Å². The molecule has 1 N–H and O–H groups in total. The van der Waals surface area contributed by atoms with Crippen molar-refractivity contribution in [1.82, 2.24) is 14.8 Å². The van der Waals surface area contributed by atoms with Gasteiger partial charge in [-0.1, -0.05) is 86.5 Å². The van der Waals surface area contributed by atoms with Gasteiger partial charge in [0.1, 0.15) is 11.9 Å². The third-order valence-corrected chi connectivity index (χ3v) is 8.39. The van der Waals surface area contributed by atoms with Crippen molar-refractivity contribution >= 4 is 28.5 Å². The molecule has 0 unspecified atom stereocenters. The predicted molar refractivity (Wildman–Crippen MR) is 184 cm³/mol. The molecular weight excluding hydrogens is 613 g/mol. The van der Waals surface area contributed by atoms with Crippen molar-refractivity contribution in [1.29, 1.82) is 0 Å². The summed E-state index contributed by atoms with van der Waals surface area (Å²) in [6.45, 7) is 3.39. The lowest BCUT2D eigenvalue weighted by Crippen LogP contribution is -2.40. The monoisotopic (exact) mass is 652 g/mol. The molecule has 1 aromatic heterocycles. The van der Waals surface area contributed by atoms with Crippen LogP contribution in [0.5, 0.6) is 0 Å². The van der Waals surface area contributed by atoms with Crippen LogP contribution in [0.3, 0.4) is 0 Å². The molecule has 0 bridgehead atoms. The van der Waals surface area contributed by atoms with E-state index < -0.39 is 23.7 Å². The number of hydrogen-bond acceptors (Lipinski definition) is 4. The van der Waals surface area contributed by atoms with Gasteiger partial charge in [0, 0.05) is 31.1 Å². The van der Waals surface area contributed by atoms with Crippen LogP contribution in [-0.4, -0.2) is 47.2 Å². The molecular formula is C39H39F3N4O2. The first-order valence-electron chi connectivity index (χ1n) is 16.0. The molecule has 2 amide bonds. The molecule has 9 heteroatoms. The van der Waals surface area contributed by atoms with Gasteiger partial charge in [-0.15, -0.1) is 0 Å². The Balaban J connectivity index is 1.31. The summed E-state index contributed by atoms with van der Waals surface area (Å²) in [5.41, 5.74) is 3.21. The lowest BCUT2D eigenvalue weighted by atomic mass is 9.98. The SMILES string of the molecule is CCCCCN(C)C(=O)[C@H](c1ccccc1)N(C)Cc1ccc2nc(NC(=O)c3ccccc3-c3ccc(C(F)(F)F)cc3)ccc2c1. The van der Waals surface area contributed by atoms with Gasteiger partial charge in [0.2, 0.25) is 5.91 Å². The van der Waals surface area contributed by atoms with Gasteiger partial charge in [-0.3, -0.25) is 14.5 Å². The Morgan fingerprint density at radius 3 is 2.25 bits per heavy atom. The highest BCUT2D eigenvalue weighted by atomic mass is 19.4. The van der Waals surface area contributed by atoms with Crippen molar-refractivity contribution in [2.75, 3.05) is 26.0 Å². The average Bonchev–Trinajstić information content (AvgIpc) is 3.08. The molecule has 48 heavy (non-hydrogen) atoms. The fourth-order valence-electron chi connectivity index (χ4n) is 5.82. The van der Waals surface area contributed by atoms with Crippen LogP contribution in [0.25, 0.3) is 22.0 Å². The van der Waals surface area contributed by atoms with Crippen molar-refractivity contribution < 1.29 is 22.8 Å².